The first-order valence-corrected chi connectivity index (χ1v) is 6.15. The van der Waals surface area contributed by atoms with E-state index in [0.29, 0.717) is 0 Å². The van der Waals surface area contributed by atoms with Crippen molar-refractivity contribution in [2.75, 3.05) is 0 Å². The lowest BCUT2D eigenvalue weighted by molar-refractivity contribution is 0.445. The highest BCUT2D eigenvalue weighted by Crippen LogP contribution is 2.34. The molecule has 1 aliphatic carbocycles. The van der Waals surface area contributed by atoms with Gasteiger partial charge in [-0.25, -0.2) is 0 Å². The summed E-state index contributed by atoms with van der Waals surface area (Å²) in [6.07, 6.45) is 6.48. The van der Waals surface area contributed by atoms with Crippen LogP contribution in [0.1, 0.15) is 49.8 Å². The largest absolute Gasteiger partial charge is 0.324 e. The fourth-order valence-corrected chi connectivity index (χ4v) is 2.56. The summed E-state index contributed by atoms with van der Waals surface area (Å²) < 4.78 is 0. The Morgan fingerprint density at radius 2 is 1.80 bits per heavy atom. The van der Waals surface area contributed by atoms with Crippen LogP contribution in [0.4, 0.5) is 0 Å². The van der Waals surface area contributed by atoms with Crippen molar-refractivity contribution < 1.29 is 0 Å². The van der Waals surface area contributed by atoms with Gasteiger partial charge in [0.05, 0.1) is 0 Å². The number of aryl methyl sites for hydroxylation is 1. The Balaban J connectivity index is 2.07. The van der Waals surface area contributed by atoms with Crippen LogP contribution in [0.5, 0.6) is 0 Å². The minimum Gasteiger partial charge on any atom is -0.324 e. The van der Waals surface area contributed by atoms with Gasteiger partial charge in [0.1, 0.15) is 0 Å². The van der Waals surface area contributed by atoms with E-state index in [1.807, 2.05) is 0 Å². The molecule has 2 rings (SSSR count). The van der Waals surface area contributed by atoms with Crippen LogP contribution >= 0.6 is 0 Å². The van der Waals surface area contributed by atoms with E-state index in [2.05, 4.69) is 31.2 Å². The molecule has 0 amide bonds. The van der Waals surface area contributed by atoms with Crippen LogP contribution in [0.3, 0.4) is 0 Å². The summed E-state index contributed by atoms with van der Waals surface area (Å²) in [5.74, 6) is 0.720. The van der Waals surface area contributed by atoms with Gasteiger partial charge in [-0.2, -0.15) is 0 Å². The molecule has 0 spiro atoms. The highest BCUT2D eigenvalue weighted by atomic mass is 14.7. The molecule has 0 bridgehead atoms. The van der Waals surface area contributed by atoms with Gasteiger partial charge >= 0.3 is 0 Å². The van der Waals surface area contributed by atoms with E-state index in [-0.39, 0.29) is 6.04 Å². The van der Waals surface area contributed by atoms with Crippen LogP contribution in [-0.4, -0.2) is 0 Å². The molecule has 82 valence electrons. The van der Waals surface area contributed by atoms with Gasteiger partial charge in [-0.3, -0.25) is 0 Å². The molecule has 1 aromatic carbocycles. The minimum atomic E-state index is 0.262. The molecular weight excluding hydrogens is 182 g/mol. The lowest BCUT2D eigenvalue weighted by atomic mass is 9.92. The normalized spacial score (nSPS) is 19.3. The number of hydrogen-bond acceptors (Lipinski definition) is 1. The van der Waals surface area contributed by atoms with Crippen molar-refractivity contribution in [1.29, 1.82) is 0 Å². The number of rotatable bonds is 3. The molecule has 2 N–H and O–H groups in total. The Bertz CT molecular complexity index is 296. The maximum atomic E-state index is 6.29. The third-order valence-electron chi connectivity index (χ3n) is 3.68. The van der Waals surface area contributed by atoms with Crippen molar-refractivity contribution >= 4 is 0 Å². The molecule has 15 heavy (non-hydrogen) atoms. The maximum absolute atomic E-state index is 6.29. The number of nitrogens with two attached hydrogens (primary N) is 1. The summed E-state index contributed by atoms with van der Waals surface area (Å²) in [5, 5.41) is 0. The number of benzene rings is 1. The second-order valence-electron chi connectivity index (χ2n) is 4.67. The molecule has 0 heterocycles. The van der Waals surface area contributed by atoms with Gasteiger partial charge in [0.2, 0.25) is 0 Å². The molecule has 0 aromatic heterocycles. The zero-order valence-corrected chi connectivity index (χ0v) is 9.58. The Morgan fingerprint density at radius 3 is 2.33 bits per heavy atom. The van der Waals surface area contributed by atoms with E-state index in [9.17, 15) is 0 Å². The molecule has 0 radical (unpaired) electrons. The molecule has 1 aromatic rings. The summed E-state index contributed by atoms with van der Waals surface area (Å²) >= 11 is 0. The fourth-order valence-electron chi connectivity index (χ4n) is 2.56. The zero-order chi connectivity index (χ0) is 10.7. The Hall–Kier alpha value is -0.820. The van der Waals surface area contributed by atoms with E-state index in [1.165, 1.54) is 36.8 Å². The van der Waals surface area contributed by atoms with Gasteiger partial charge in [-0.05, 0) is 36.3 Å². The molecule has 1 fully saturated rings. The second-order valence-corrected chi connectivity index (χ2v) is 4.67. The molecule has 0 aliphatic heterocycles. The highest BCUT2D eigenvalue weighted by Gasteiger charge is 2.22. The molecule has 0 unspecified atom stereocenters. The third-order valence-corrected chi connectivity index (χ3v) is 3.68. The quantitative estimate of drug-likeness (QED) is 0.800. The van der Waals surface area contributed by atoms with Crippen molar-refractivity contribution in [3.8, 4) is 0 Å². The predicted octanol–water partition coefficient (Wildman–Crippen LogP) is 3.44. The van der Waals surface area contributed by atoms with Gasteiger partial charge in [0.25, 0.3) is 0 Å². The first kappa shape index (κ1) is 10.7. The average molecular weight is 203 g/mol. The summed E-state index contributed by atoms with van der Waals surface area (Å²) in [7, 11) is 0. The fraction of sp³-hybridized carbons (Fsp3) is 0.571. The lowest BCUT2D eigenvalue weighted by Crippen LogP contribution is -2.18. The third kappa shape index (κ3) is 2.40. The van der Waals surface area contributed by atoms with Crippen LogP contribution in [-0.2, 0) is 6.42 Å². The molecule has 0 saturated heterocycles. The highest BCUT2D eigenvalue weighted by molar-refractivity contribution is 5.25. The Kier molecular flexibility index (Phi) is 3.42. The SMILES string of the molecule is CCc1ccc([C@@H](N)C2CCCC2)cc1. The smallest absolute Gasteiger partial charge is 0.0323 e. The van der Waals surface area contributed by atoms with E-state index >= 15 is 0 Å². The topological polar surface area (TPSA) is 26.0 Å². The Labute approximate surface area is 92.7 Å². The van der Waals surface area contributed by atoms with Crippen molar-refractivity contribution in [2.45, 2.75) is 45.1 Å². The van der Waals surface area contributed by atoms with E-state index < -0.39 is 0 Å². The van der Waals surface area contributed by atoms with Gasteiger partial charge in [0.15, 0.2) is 0 Å². The van der Waals surface area contributed by atoms with Crippen molar-refractivity contribution in [3.05, 3.63) is 35.4 Å². The van der Waals surface area contributed by atoms with E-state index in [0.717, 1.165) is 12.3 Å². The minimum absolute atomic E-state index is 0.262. The van der Waals surface area contributed by atoms with Gasteiger partial charge in [0, 0.05) is 6.04 Å². The second kappa shape index (κ2) is 4.80. The molecule has 1 aliphatic rings. The van der Waals surface area contributed by atoms with Crippen molar-refractivity contribution in [2.24, 2.45) is 11.7 Å². The molecule has 1 heteroatoms. The van der Waals surface area contributed by atoms with E-state index in [4.69, 9.17) is 5.73 Å². The summed E-state index contributed by atoms with van der Waals surface area (Å²) in [6.45, 7) is 2.19. The molecule has 1 saturated carbocycles. The molecule has 1 nitrogen and oxygen atoms in total. The molecular formula is C14H21N. The molecule has 1 atom stereocenters. The maximum Gasteiger partial charge on any atom is 0.0323 e. The number of hydrogen-bond donors (Lipinski definition) is 1. The van der Waals surface area contributed by atoms with Crippen LogP contribution in [0.2, 0.25) is 0 Å². The first-order chi connectivity index (χ1) is 7.31. The van der Waals surface area contributed by atoms with Crippen LogP contribution in [0.25, 0.3) is 0 Å². The zero-order valence-electron chi connectivity index (χ0n) is 9.58. The van der Waals surface area contributed by atoms with E-state index in [1.54, 1.807) is 0 Å². The lowest BCUT2D eigenvalue weighted by Gasteiger charge is -2.19. The first-order valence-electron chi connectivity index (χ1n) is 6.15. The van der Waals surface area contributed by atoms with Crippen LogP contribution in [0.15, 0.2) is 24.3 Å². The van der Waals surface area contributed by atoms with Crippen molar-refractivity contribution in [1.82, 2.24) is 0 Å². The van der Waals surface area contributed by atoms with Crippen molar-refractivity contribution in [3.63, 3.8) is 0 Å². The van der Waals surface area contributed by atoms with Crippen LogP contribution < -0.4 is 5.73 Å². The van der Waals surface area contributed by atoms with Gasteiger partial charge < -0.3 is 5.73 Å². The summed E-state index contributed by atoms with van der Waals surface area (Å²) in [5.41, 5.74) is 9.01. The Morgan fingerprint density at radius 1 is 1.20 bits per heavy atom. The monoisotopic (exact) mass is 203 g/mol. The van der Waals surface area contributed by atoms with Crippen LogP contribution in [0, 0.1) is 5.92 Å². The summed E-state index contributed by atoms with van der Waals surface area (Å²) in [4.78, 5) is 0. The van der Waals surface area contributed by atoms with Gasteiger partial charge in [-0.15, -0.1) is 0 Å². The standard InChI is InChI=1S/C14H21N/c1-2-11-7-9-13(10-8-11)14(15)12-5-3-4-6-12/h7-10,12,14H,2-6,15H2,1H3/t14-/m0/s1. The van der Waals surface area contributed by atoms with Gasteiger partial charge in [-0.1, -0.05) is 44.0 Å². The summed E-state index contributed by atoms with van der Waals surface area (Å²) in [6, 6.07) is 9.11. The predicted molar refractivity (Wildman–Crippen MR) is 64.7 cm³/mol. The average Bonchev–Trinajstić information content (AvgIpc) is 2.82.